The Balaban J connectivity index is 1.60. The minimum Gasteiger partial charge on any atom is -0.461 e. The highest BCUT2D eigenvalue weighted by Gasteiger charge is 2.36. The third kappa shape index (κ3) is 3.62. The molecule has 4 heterocycles. The van der Waals surface area contributed by atoms with Gasteiger partial charge in [0.2, 0.25) is 0 Å². The van der Waals surface area contributed by atoms with Crippen LogP contribution >= 0.6 is 11.6 Å². The molecule has 2 aliphatic rings. The smallest absolute Gasteiger partial charge is 0.359 e. The number of carbonyl (C=O) groups is 3. The number of aromatic nitrogens is 3. The number of fused-ring (bicyclic) bond motifs is 2. The highest BCUT2D eigenvalue weighted by Crippen LogP contribution is 2.31. The summed E-state index contributed by atoms with van der Waals surface area (Å²) < 4.78 is 6.52. The van der Waals surface area contributed by atoms with Crippen molar-refractivity contribution in [1.29, 1.82) is 0 Å². The lowest BCUT2D eigenvalue weighted by molar-refractivity contribution is 0.0517. The Labute approximate surface area is 200 Å². The van der Waals surface area contributed by atoms with Crippen LogP contribution in [0.1, 0.15) is 49.4 Å². The summed E-state index contributed by atoms with van der Waals surface area (Å²) in [5, 5.41) is 4.64. The van der Waals surface area contributed by atoms with Crippen LogP contribution in [0.15, 0.2) is 36.4 Å². The van der Waals surface area contributed by atoms with Crippen LogP contribution in [0.3, 0.4) is 0 Å². The molecule has 34 heavy (non-hydrogen) atoms. The molecule has 0 fully saturated rings. The van der Waals surface area contributed by atoms with Gasteiger partial charge < -0.3 is 14.5 Å². The minimum absolute atomic E-state index is 0.0639. The molecular weight excluding hydrogens is 458 g/mol. The average molecular weight is 480 g/mol. The van der Waals surface area contributed by atoms with Crippen molar-refractivity contribution >= 4 is 35.1 Å². The number of nitrogens with zero attached hydrogens (tertiary/aromatic N) is 5. The van der Waals surface area contributed by atoms with Gasteiger partial charge in [-0.3, -0.25) is 9.59 Å². The van der Waals surface area contributed by atoms with Crippen LogP contribution < -0.4 is 4.90 Å². The normalized spacial score (nSPS) is 15.3. The number of amides is 2. The van der Waals surface area contributed by atoms with E-state index in [9.17, 15) is 14.4 Å². The fourth-order valence-electron chi connectivity index (χ4n) is 4.40. The van der Waals surface area contributed by atoms with Crippen molar-refractivity contribution in [1.82, 2.24) is 19.7 Å². The van der Waals surface area contributed by atoms with Crippen molar-refractivity contribution in [2.24, 2.45) is 0 Å². The number of ether oxygens (including phenoxy) is 1. The molecule has 3 aromatic rings. The van der Waals surface area contributed by atoms with E-state index in [2.05, 4.69) is 10.1 Å². The van der Waals surface area contributed by atoms with E-state index >= 15 is 0 Å². The number of anilines is 1. The van der Waals surface area contributed by atoms with Gasteiger partial charge in [-0.15, -0.1) is 0 Å². The maximum absolute atomic E-state index is 13.8. The second-order valence-electron chi connectivity index (χ2n) is 8.15. The number of halogens is 1. The first-order valence-electron chi connectivity index (χ1n) is 11.0. The van der Waals surface area contributed by atoms with Crippen LogP contribution in [-0.4, -0.2) is 64.2 Å². The lowest BCUT2D eigenvalue weighted by Gasteiger charge is -2.30. The second-order valence-corrected chi connectivity index (χ2v) is 8.54. The van der Waals surface area contributed by atoms with E-state index in [-0.39, 0.29) is 35.0 Å². The molecule has 0 saturated carbocycles. The highest BCUT2D eigenvalue weighted by molar-refractivity contribution is 6.29. The number of esters is 1. The van der Waals surface area contributed by atoms with E-state index in [0.717, 1.165) is 12.0 Å². The quantitative estimate of drug-likeness (QED) is 0.421. The Morgan fingerprint density at radius 3 is 2.71 bits per heavy atom. The first-order chi connectivity index (χ1) is 16.4. The molecule has 5 rings (SSSR count). The number of pyridine rings is 1. The molecular formula is C24H22ClN5O4. The standard InChI is InChI=1S/C24H22ClN5O4/c1-3-34-24(33)20-16-10-12-29(15-8-7-14-9-11-28(2)22(31)17(14)13-15)23(32)21(16)30(27-20)19-6-4-5-18(25)26-19/h4-8,13H,3,9-12H2,1-2H3. The van der Waals surface area contributed by atoms with Gasteiger partial charge in [0.15, 0.2) is 11.5 Å². The molecule has 0 atom stereocenters. The van der Waals surface area contributed by atoms with Crippen molar-refractivity contribution in [3.05, 3.63) is 69.6 Å². The van der Waals surface area contributed by atoms with Gasteiger partial charge in [-0.1, -0.05) is 23.7 Å². The van der Waals surface area contributed by atoms with Crippen LogP contribution in [-0.2, 0) is 17.6 Å². The number of hydrogen-bond donors (Lipinski definition) is 0. The number of benzene rings is 1. The van der Waals surface area contributed by atoms with Gasteiger partial charge in [0.05, 0.1) is 6.61 Å². The molecule has 9 nitrogen and oxygen atoms in total. The van der Waals surface area contributed by atoms with Gasteiger partial charge in [-0.2, -0.15) is 5.10 Å². The van der Waals surface area contributed by atoms with Crippen molar-refractivity contribution < 1.29 is 19.1 Å². The van der Waals surface area contributed by atoms with E-state index in [1.165, 1.54) is 4.68 Å². The summed E-state index contributed by atoms with van der Waals surface area (Å²) in [6.07, 6.45) is 1.16. The second kappa shape index (κ2) is 8.57. The molecule has 0 bridgehead atoms. The molecule has 2 aromatic heterocycles. The lowest BCUT2D eigenvalue weighted by Crippen LogP contribution is -2.40. The van der Waals surface area contributed by atoms with E-state index in [0.29, 0.717) is 42.1 Å². The van der Waals surface area contributed by atoms with Gasteiger partial charge >= 0.3 is 5.97 Å². The number of hydrogen-bond acceptors (Lipinski definition) is 6. The molecule has 0 N–H and O–H groups in total. The zero-order chi connectivity index (χ0) is 24.0. The molecule has 0 aliphatic carbocycles. The van der Waals surface area contributed by atoms with E-state index < -0.39 is 5.97 Å². The SMILES string of the molecule is CCOC(=O)c1nn(-c2cccc(Cl)n2)c2c1CCN(c1ccc3c(c1)C(=O)N(C)CC3)C2=O. The van der Waals surface area contributed by atoms with E-state index in [4.69, 9.17) is 16.3 Å². The lowest BCUT2D eigenvalue weighted by atomic mass is 9.97. The Morgan fingerprint density at radius 2 is 1.94 bits per heavy atom. The largest absolute Gasteiger partial charge is 0.461 e. The number of carbonyl (C=O) groups excluding carboxylic acids is 3. The van der Waals surface area contributed by atoms with Gasteiger partial charge in [-0.05, 0) is 49.6 Å². The van der Waals surface area contributed by atoms with Crippen LogP contribution in [0.4, 0.5) is 5.69 Å². The summed E-state index contributed by atoms with van der Waals surface area (Å²) in [4.78, 5) is 46.6. The average Bonchev–Trinajstić information content (AvgIpc) is 3.23. The zero-order valence-electron chi connectivity index (χ0n) is 18.7. The predicted octanol–water partition coefficient (Wildman–Crippen LogP) is 2.93. The Morgan fingerprint density at radius 1 is 1.12 bits per heavy atom. The van der Waals surface area contributed by atoms with Gasteiger partial charge in [0.1, 0.15) is 10.8 Å². The molecule has 2 aliphatic heterocycles. The topological polar surface area (TPSA) is 97.6 Å². The molecule has 0 unspecified atom stereocenters. The molecule has 0 radical (unpaired) electrons. The third-order valence-corrected chi connectivity index (χ3v) is 6.31. The summed E-state index contributed by atoms with van der Waals surface area (Å²) >= 11 is 6.08. The third-order valence-electron chi connectivity index (χ3n) is 6.10. The number of rotatable bonds is 4. The monoisotopic (exact) mass is 479 g/mol. The van der Waals surface area contributed by atoms with Crippen LogP contribution in [0.25, 0.3) is 5.82 Å². The summed E-state index contributed by atoms with van der Waals surface area (Å²) in [5.41, 5.74) is 3.01. The molecule has 2 amide bonds. The Bertz CT molecular complexity index is 1330. The molecule has 0 spiro atoms. The molecule has 0 saturated heterocycles. The maximum atomic E-state index is 13.8. The summed E-state index contributed by atoms with van der Waals surface area (Å²) in [6, 6.07) is 10.5. The Kier molecular flexibility index (Phi) is 5.57. The molecule has 1 aromatic carbocycles. The van der Waals surface area contributed by atoms with Crippen molar-refractivity contribution in [3.63, 3.8) is 0 Å². The van der Waals surface area contributed by atoms with Crippen molar-refractivity contribution in [3.8, 4) is 5.82 Å². The van der Waals surface area contributed by atoms with Gasteiger partial charge in [-0.25, -0.2) is 14.5 Å². The van der Waals surface area contributed by atoms with Gasteiger partial charge in [0, 0.05) is 37.0 Å². The van der Waals surface area contributed by atoms with Crippen molar-refractivity contribution in [2.75, 3.05) is 31.6 Å². The first kappa shape index (κ1) is 22.1. The number of likely N-dealkylation sites (N-methyl/N-ethyl adjacent to an activating group) is 1. The molecule has 174 valence electrons. The van der Waals surface area contributed by atoms with Crippen LogP contribution in [0.5, 0.6) is 0 Å². The fraction of sp³-hybridized carbons (Fsp3) is 0.292. The maximum Gasteiger partial charge on any atom is 0.359 e. The van der Waals surface area contributed by atoms with Crippen LogP contribution in [0.2, 0.25) is 5.15 Å². The molecule has 10 heteroatoms. The zero-order valence-corrected chi connectivity index (χ0v) is 19.5. The highest BCUT2D eigenvalue weighted by atomic mass is 35.5. The van der Waals surface area contributed by atoms with Crippen molar-refractivity contribution in [2.45, 2.75) is 19.8 Å². The van der Waals surface area contributed by atoms with E-state index in [1.807, 2.05) is 12.1 Å². The minimum atomic E-state index is -0.594. The summed E-state index contributed by atoms with van der Waals surface area (Å²) in [5.74, 6) is -0.686. The predicted molar refractivity (Wildman–Crippen MR) is 125 cm³/mol. The summed E-state index contributed by atoms with van der Waals surface area (Å²) in [6.45, 7) is 2.89. The van der Waals surface area contributed by atoms with E-state index in [1.54, 1.807) is 48.0 Å². The first-order valence-corrected chi connectivity index (χ1v) is 11.4. The Hall–Kier alpha value is -3.72. The van der Waals surface area contributed by atoms with Gasteiger partial charge in [0.25, 0.3) is 11.8 Å². The summed E-state index contributed by atoms with van der Waals surface area (Å²) in [7, 11) is 1.77. The fourth-order valence-corrected chi connectivity index (χ4v) is 4.56. The van der Waals surface area contributed by atoms with Crippen LogP contribution in [0, 0.1) is 0 Å².